The van der Waals surface area contributed by atoms with Crippen LogP contribution in [-0.2, 0) is 0 Å². The molecule has 0 aromatic carbocycles. The van der Waals surface area contributed by atoms with Crippen LogP contribution in [0, 0.1) is 6.58 Å². The lowest BCUT2D eigenvalue weighted by Crippen LogP contribution is -1.54. The second-order valence-corrected chi connectivity index (χ2v) is 5.34. The number of allylic oxidation sites excluding steroid dienone is 27. The van der Waals surface area contributed by atoms with Crippen molar-refractivity contribution < 1.29 is 0 Å². The summed E-state index contributed by atoms with van der Waals surface area (Å²) in [6.45, 7) is 7.22. The fourth-order valence-electron chi connectivity index (χ4n) is 1.65. The highest BCUT2D eigenvalue weighted by molar-refractivity contribution is 5.23. The predicted octanol–water partition coefficient (Wildman–Crippen LogP) is 8.23. The Hall–Kier alpha value is -3.64. The second kappa shape index (κ2) is 24.4. The van der Waals surface area contributed by atoms with Gasteiger partial charge in [-0.3, -0.25) is 0 Å². The van der Waals surface area contributed by atoms with Crippen molar-refractivity contribution in [1.29, 1.82) is 0 Å². The van der Waals surface area contributed by atoms with Crippen LogP contribution in [0.4, 0.5) is 0 Å². The molecule has 0 aliphatic carbocycles. The molecule has 0 saturated carbocycles. The Morgan fingerprint density at radius 1 is 0.276 bits per heavy atom. The van der Waals surface area contributed by atoms with E-state index in [1.54, 1.807) is 6.08 Å². The predicted molar refractivity (Wildman–Crippen MR) is 133 cm³/mol. The van der Waals surface area contributed by atoms with Gasteiger partial charge in [0.05, 0.1) is 0 Å². The molecule has 0 bridgehead atoms. The molecule has 147 valence electrons. The monoisotopic (exact) mass is 379 g/mol. The molecule has 0 spiro atoms. The van der Waals surface area contributed by atoms with Gasteiger partial charge in [-0.1, -0.05) is 171 Å². The molecule has 0 aliphatic rings. The number of rotatable bonds is 13. The molecule has 1 radical (unpaired) electrons. The van der Waals surface area contributed by atoms with Gasteiger partial charge in [-0.2, -0.15) is 0 Å². The molecular weight excluding hydrogens is 348 g/mol. The van der Waals surface area contributed by atoms with Gasteiger partial charge in [0.25, 0.3) is 0 Å². The maximum atomic E-state index is 5.22. The first-order valence-electron chi connectivity index (χ1n) is 9.58. The van der Waals surface area contributed by atoms with Gasteiger partial charge in [-0.15, -0.1) is 0 Å². The summed E-state index contributed by atoms with van der Waals surface area (Å²) in [6.07, 6.45) is 52.8. The van der Waals surface area contributed by atoms with Gasteiger partial charge in [0.1, 0.15) is 0 Å². The van der Waals surface area contributed by atoms with E-state index in [1.807, 2.05) is 159 Å². The zero-order valence-corrected chi connectivity index (χ0v) is 17.2. The van der Waals surface area contributed by atoms with E-state index >= 15 is 0 Å². The first kappa shape index (κ1) is 25.4. The minimum Gasteiger partial charge on any atom is -0.0877 e. The van der Waals surface area contributed by atoms with Crippen LogP contribution >= 0.6 is 0 Å². The molecule has 0 rings (SSSR count). The fourth-order valence-corrected chi connectivity index (χ4v) is 1.65. The lowest BCUT2D eigenvalue weighted by atomic mass is 10.3. The van der Waals surface area contributed by atoms with Crippen molar-refractivity contribution in [2.24, 2.45) is 0 Å². The van der Waals surface area contributed by atoms with Crippen LogP contribution in [0.15, 0.2) is 164 Å². The van der Waals surface area contributed by atoms with E-state index in [0.717, 1.165) is 0 Å². The van der Waals surface area contributed by atoms with Gasteiger partial charge in [-0.25, -0.2) is 0 Å². The normalized spacial score (nSPS) is 14.8. The van der Waals surface area contributed by atoms with E-state index < -0.39 is 0 Å². The Morgan fingerprint density at radius 2 is 0.448 bits per heavy atom. The van der Waals surface area contributed by atoms with Crippen molar-refractivity contribution in [3.63, 3.8) is 0 Å². The summed E-state index contributed by atoms with van der Waals surface area (Å²) >= 11 is 0. The zero-order chi connectivity index (χ0) is 21.1. The van der Waals surface area contributed by atoms with Gasteiger partial charge in [0.2, 0.25) is 0 Å². The molecule has 0 heterocycles. The van der Waals surface area contributed by atoms with E-state index in [1.165, 1.54) is 6.08 Å². The average molecular weight is 380 g/mol. The van der Waals surface area contributed by atoms with Crippen LogP contribution in [0.1, 0.15) is 6.92 Å². The van der Waals surface area contributed by atoms with Gasteiger partial charge in [0.15, 0.2) is 0 Å². The highest BCUT2D eigenvalue weighted by Gasteiger charge is 1.66. The van der Waals surface area contributed by atoms with Gasteiger partial charge in [-0.05, 0) is 6.92 Å². The van der Waals surface area contributed by atoms with Crippen LogP contribution in [0.2, 0.25) is 0 Å². The molecule has 0 N–H and O–H groups in total. The molecule has 0 nitrogen and oxygen atoms in total. The molecule has 0 aliphatic heterocycles. The highest BCUT2D eigenvalue weighted by Crippen LogP contribution is 1.88. The van der Waals surface area contributed by atoms with Crippen LogP contribution in [0.3, 0.4) is 0 Å². The summed E-state index contributed by atoms with van der Waals surface area (Å²) in [5.74, 6) is 0. The third-order valence-corrected chi connectivity index (χ3v) is 2.97. The van der Waals surface area contributed by atoms with Crippen LogP contribution in [0.25, 0.3) is 0 Å². The van der Waals surface area contributed by atoms with Crippen molar-refractivity contribution in [3.8, 4) is 0 Å². The van der Waals surface area contributed by atoms with Crippen molar-refractivity contribution in [2.75, 3.05) is 0 Å². The minimum atomic E-state index is 1.50. The van der Waals surface area contributed by atoms with Crippen molar-refractivity contribution in [3.05, 3.63) is 171 Å². The Labute approximate surface area is 177 Å². The van der Waals surface area contributed by atoms with Crippen molar-refractivity contribution in [1.82, 2.24) is 0 Å². The quantitative estimate of drug-likeness (QED) is 0.283. The summed E-state index contributed by atoms with van der Waals surface area (Å²) in [4.78, 5) is 0. The maximum absolute atomic E-state index is 5.22. The van der Waals surface area contributed by atoms with E-state index in [4.69, 9.17) is 6.58 Å². The lowest BCUT2D eigenvalue weighted by molar-refractivity contribution is 1.73. The molecule has 0 amide bonds. The highest BCUT2D eigenvalue weighted by atomic mass is 13.7. The van der Waals surface area contributed by atoms with Crippen LogP contribution < -0.4 is 0 Å². The third kappa shape index (κ3) is 24.4. The standard InChI is InChI=1S/C29H31/c1-3-5-7-9-11-13-15-17-19-21-23-25-27-29-28-26-24-22-20-18-16-14-12-10-8-6-4-2/h1,3-29H,2H3/b3-1?,6-4+,7-5+,10-8+,11-9+,14-12+,15-13+,18-16+,19-17+,22-20+,23-21+,26-24+,27-25+,29-28+. The molecule has 0 atom stereocenters. The molecular formula is C29H31. The first-order chi connectivity index (χ1) is 14.4. The SMILES string of the molecule is [CH]=C/C=C/C=C/C=C/C=C/C=C/C=C/C=C/C=C/C=C/C=C/C=C/C=C/C=C/C. The van der Waals surface area contributed by atoms with Crippen molar-refractivity contribution in [2.45, 2.75) is 6.92 Å². The summed E-state index contributed by atoms with van der Waals surface area (Å²) in [5, 5.41) is 0. The Kier molecular flexibility index (Phi) is 21.3. The molecule has 0 unspecified atom stereocenters. The summed E-state index contributed by atoms with van der Waals surface area (Å²) < 4.78 is 0. The number of hydrogen-bond donors (Lipinski definition) is 0. The Balaban J connectivity index is 3.96. The molecule has 0 heteroatoms. The first-order valence-corrected chi connectivity index (χ1v) is 9.58. The van der Waals surface area contributed by atoms with E-state index in [-0.39, 0.29) is 0 Å². The van der Waals surface area contributed by atoms with Gasteiger partial charge in [0, 0.05) is 0 Å². The summed E-state index contributed by atoms with van der Waals surface area (Å²) in [5.41, 5.74) is 0. The van der Waals surface area contributed by atoms with Crippen LogP contribution in [0.5, 0.6) is 0 Å². The number of hydrogen-bond acceptors (Lipinski definition) is 0. The molecule has 0 fully saturated rings. The van der Waals surface area contributed by atoms with Gasteiger partial charge < -0.3 is 0 Å². The third-order valence-electron chi connectivity index (χ3n) is 2.97. The average Bonchev–Trinajstić information content (AvgIpc) is 2.74. The maximum Gasteiger partial charge on any atom is -0.0467 e. The van der Waals surface area contributed by atoms with E-state index in [0.29, 0.717) is 0 Å². The Morgan fingerprint density at radius 3 is 0.621 bits per heavy atom. The van der Waals surface area contributed by atoms with E-state index in [9.17, 15) is 0 Å². The molecule has 0 saturated heterocycles. The fraction of sp³-hybridized carbons (Fsp3) is 0.0345. The van der Waals surface area contributed by atoms with Crippen molar-refractivity contribution >= 4 is 0 Å². The Bertz CT molecular complexity index is 774. The molecule has 0 aromatic rings. The minimum absolute atomic E-state index is 1.50. The summed E-state index contributed by atoms with van der Waals surface area (Å²) in [7, 11) is 0. The van der Waals surface area contributed by atoms with Crippen LogP contribution in [-0.4, -0.2) is 0 Å². The second-order valence-electron chi connectivity index (χ2n) is 5.34. The largest absolute Gasteiger partial charge is 0.0877 e. The van der Waals surface area contributed by atoms with Gasteiger partial charge >= 0.3 is 0 Å². The smallest absolute Gasteiger partial charge is 0.0467 e. The topological polar surface area (TPSA) is 0 Å². The molecule has 0 aromatic heterocycles. The zero-order valence-electron chi connectivity index (χ0n) is 17.2. The summed E-state index contributed by atoms with van der Waals surface area (Å²) in [6, 6.07) is 0. The van der Waals surface area contributed by atoms with E-state index in [2.05, 4.69) is 0 Å². The molecule has 29 heavy (non-hydrogen) atoms. The lowest BCUT2D eigenvalue weighted by Gasteiger charge is -1.76.